The molecule has 5 nitrogen and oxygen atoms in total. The minimum atomic E-state index is 0.0647. The molecule has 0 radical (unpaired) electrons. The van der Waals surface area contributed by atoms with Gasteiger partial charge in [0.2, 0.25) is 5.91 Å². The first-order chi connectivity index (χ1) is 8.58. The molecule has 0 aromatic carbocycles. The molecular weight excluding hydrogens is 230 g/mol. The van der Waals surface area contributed by atoms with Gasteiger partial charge in [-0.05, 0) is 18.1 Å². The van der Waals surface area contributed by atoms with Crippen LogP contribution in [0.15, 0.2) is 18.3 Å². The zero-order valence-electron chi connectivity index (χ0n) is 10.9. The molecule has 0 fully saturated rings. The Labute approximate surface area is 108 Å². The third kappa shape index (κ3) is 6.20. The summed E-state index contributed by atoms with van der Waals surface area (Å²) in [6, 6.07) is 3.35. The Hall–Kier alpha value is -1.62. The van der Waals surface area contributed by atoms with Gasteiger partial charge in [-0.3, -0.25) is 9.78 Å². The van der Waals surface area contributed by atoms with Gasteiger partial charge in [-0.15, -0.1) is 0 Å². The Morgan fingerprint density at radius 2 is 2.22 bits per heavy atom. The van der Waals surface area contributed by atoms with Crippen molar-refractivity contribution in [2.45, 2.75) is 26.8 Å². The highest BCUT2D eigenvalue weighted by Crippen LogP contribution is 2.05. The zero-order valence-corrected chi connectivity index (χ0v) is 10.9. The highest BCUT2D eigenvalue weighted by molar-refractivity contribution is 5.76. The maximum Gasteiger partial charge on any atom is 0.221 e. The van der Waals surface area contributed by atoms with Crippen LogP contribution >= 0.6 is 0 Å². The Morgan fingerprint density at radius 3 is 2.83 bits per heavy atom. The third-order valence-corrected chi connectivity index (χ3v) is 2.35. The van der Waals surface area contributed by atoms with Crippen molar-refractivity contribution in [3.05, 3.63) is 24.0 Å². The van der Waals surface area contributed by atoms with Crippen molar-refractivity contribution in [3.63, 3.8) is 0 Å². The van der Waals surface area contributed by atoms with Crippen LogP contribution in [0.5, 0.6) is 5.75 Å². The standard InChI is InChI=1S/C13H21N3O2/c1-10(2)7-16-13(18)5-6-14-8-11-3-4-12(17)9-15-11/h3-4,9-10,14,17H,5-8H2,1-2H3,(H,16,18). The summed E-state index contributed by atoms with van der Waals surface area (Å²) >= 11 is 0. The molecule has 0 aliphatic rings. The predicted molar refractivity (Wildman–Crippen MR) is 70.1 cm³/mol. The SMILES string of the molecule is CC(C)CNC(=O)CCNCc1ccc(O)cn1. The maximum absolute atomic E-state index is 11.4. The van der Waals surface area contributed by atoms with Gasteiger partial charge in [-0.2, -0.15) is 0 Å². The number of carbonyl (C=O) groups excluding carboxylic acids is 1. The Morgan fingerprint density at radius 1 is 1.44 bits per heavy atom. The molecule has 0 bridgehead atoms. The molecule has 100 valence electrons. The minimum absolute atomic E-state index is 0.0647. The molecule has 5 heteroatoms. The fourth-order valence-electron chi connectivity index (χ4n) is 1.35. The number of nitrogens with zero attached hydrogens (tertiary/aromatic N) is 1. The summed E-state index contributed by atoms with van der Waals surface area (Å²) in [5.41, 5.74) is 0.843. The molecule has 18 heavy (non-hydrogen) atoms. The molecular formula is C13H21N3O2. The molecule has 0 saturated heterocycles. The number of amides is 1. The monoisotopic (exact) mass is 251 g/mol. The average Bonchev–Trinajstić information content (AvgIpc) is 2.34. The second-order valence-electron chi connectivity index (χ2n) is 4.63. The van der Waals surface area contributed by atoms with Crippen molar-refractivity contribution in [1.82, 2.24) is 15.6 Å². The summed E-state index contributed by atoms with van der Waals surface area (Å²) in [5.74, 6) is 0.699. The van der Waals surface area contributed by atoms with Gasteiger partial charge in [-0.1, -0.05) is 13.8 Å². The molecule has 1 aromatic rings. The largest absolute Gasteiger partial charge is 0.506 e. The van der Waals surface area contributed by atoms with E-state index in [1.165, 1.54) is 6.20 Å². The predicted octanol–water partition coefficient (Wildman–Crippen LogP) is 1.04. The van der Waals surface area contributed by atoms with E-state index in [0.29, 0.717) is 25.4 Å². The summed E-state index contributed by atoms with van der Waals surface area (Å²) in [4.78, 5) is 15.4. The fourth-order valence-corrected chi connectivity index (χ4v) is 1.35. The van der Waals surface area contributed by atoms with Gasteiger partial charge in [0.25, 0.3) is 0 Å². The lowest BCUT2D eigenvalue weighted by Gasteiger charge is -2.08. The van der Waals surface area contributed by atoms with Crippen LogP contribution in [0.2, 0.25) is 0 Å². The topological polar surface area (TPSA) is 74.2 Å². The Balaban J connectivity index is 2.11. The van der Waals surface area contributed by atoms with Crippen LogP contribution < -0.4 is 10.6 Å². The summed E-state index contributed by atoms with van der Waals surface area (Å²) in [6.45, 7) is 6.06. The Kier molecular flexibility index (Phi) is 6.14. The maximum atomic E-state index is 11.4. The molecule has 0 atom stereocenters. The van der Waals surface area contributed by atoms with Gasteiger partial charge in [-0.25, -0.2) is 0 Å². The van der Waals surface area contributed by atoms with Crippen LogP contribution in [0.25, 0.3) is 0 Å². The van der Waals surface area contributed by atoms with E-state index in [2.05, 4.69) is 29.5 Å². The molecule has 3 N–H and O–H groups in total. The summed E-state index contributed by atoms with van der Waals surface area (Å²) in [5, 5.41) is 15.1. The number of carbonyl (C=O) groups is 1. The molecule has 0 aliphatic heterocycles. The molecule has 1 rings (SSSR count). The lowest BCUT2D eigenvalue weighted by molar-refractivity contribution is -0.121. The van der Waals surface area contributed by atoms with E-state index < -0.39 is 0 Å². The second kappa shape index (κ2) is 7.66. The van der Waals surface area contributed by atoms with Crippen LogP contribution in [0, 0.1) is 5.92 Å². The first kappa shape index (κ1) is 14.4. The van der Waals surface area contributed by atoms with Gasteiger partial charge < -0.3 is 15.7 Å². The first-order valence-corrected chi connectivity index (χ1v) is 6.19. The van der Waals surface area contributed by atoms with Crippen LogP contribution in [-0.2, 0) is 11.3 Å². The van der Waals surface area contributed by atoms with Gasteiger partial charge in [0.05, 0.1) is 11.9 Å². The lowest BCUT2D eigenvalue weighted by Crippen LogP contribution is -2.30. The minimum Gasteiger partial charge on any atom is -0.506 e. The van der Waals surface area contributed by atoms with Crippen molar-refractivity contribution in [2.75, 3.05) is 13.1 Å². The number of aromatic hydroxyl groups is 1. The van der Waals surface area contributed by atoms with E-state index in [9.17, 15) is 4.79 Å². The van der Waals surface area contributed by atoms with Gasteiger partial charge >= 0.3 is 0 Å². The number of nitrogens with one attached hydrogen (secondary N) is 2. The van der Waals surface area contributed by atoms with Crippen LogP contribution in [0.1, 0.15) is 26.0 Å². The van der Waals surface area contributed by atoms with Crippen LogP contribution in [0.3, 0.4) is 0 Å². The molecule has 0 aliphatic carbocycles. The van der Waals surface area contributed by atoms with Crippen molar-refractivity contribution in [3.8, 4) is 5.75 Å². The lowest BCUT2D eigenvalue weighted by atomic mass is 10.2. The molecule has 0 saturated carbocycles. The quantitative estimate of drug-likeness (QED) is 0.633. The van der Waals surface area contributed by atoms with Crippen LogP contribution in [-0.4, -0.2) is 29.1 Å². The molecule has 1 aromatic heterocycles. The van der Waals surface area contributed by atoms with Gasteiger partial charge in [0, 0.05) is 26.1 Å². The van der Waals surface area contributed by atoms with E-state index in [1.54, 1.807) is 12.1 Å². The fraction of sp³-hybridized carbons (Fsp3) is 0.538. The number of hydrogen-bond acceptors (Lipinski definition) is 4. The number of hydrogen-bond donors (Lipinski definition) is 3. The molecule has 0 unspecified atom stereocenters. The van der Waals surface area contributed by atoms with Gasteiger partial charge in [0.1, 0.15) is 5.75 Å². The zero-order chi connectivity index (χ0) is 13.4. The number of pyridine rings is 1. The number of rotatable bonds is 7. The van der Waals surface area contributed by atoms with E-state index in [-0.39, 0.29) is 11.7 Å². The highest BCUT2D eigenvalue weighted by atomic mass is 16.3. The average molecular weight is 251 g/mol. The van der Waals surface area contributed by atoms with Crippen molar-refractivity contribution >= 4 is 5.91 Å². The third-order valence-electron chi connectivity index (χ3n) is 2.35. The van der Waals surface area contributed by atoms with E-state index in [0.717, 1.165) is 12.2 Å². The molecule has 0 spiro atoms. The van der Waals surface area contributed by atoms with Crippen molar-refractivity contribution in [1.29, 1.82) is 0 Å². The number of aromatic nitrogens is 1. The van der Waals surface area contributed by atoms with E-state index in [4.69, 9.17) is 5.11 Å². The molecule has 1 amide bonds. The second-order valence-corrected chi connectivity index (χ2v) is 4.63. The molecule has 1 heterocycles. The first-order valence-electron chi connectivity index (χ1n) is 6.19. The van der Waals surface area contributed by atoms with Crippen molar-refractivity contribution in [2.24, 2.45) is 5.92 Å². The highest BCUT2D eigenvalue weighted by Gasteiger charge is 2.02. The normalized spacial score (nSPS) is 10.6. The smallest absolute Gasteiger partial charge is 0.221 e. The Bertz CT molecular complexity index is 363. The summed E-state index contributed by atoms with van der Waals surface area (Å²) in [6.07, 6.45) is 1.87. The van der Waals surface area contributed by atoms with E-state index >= 15 is 0 Å². The summed E-state index contributed by atoms with van der Waals surface area (Å²) in [7, 11) is 0. The van der Waals surface area contributed by atoms with Gasteiger partial charge in [0.15, 0.2) is 0 Å². The van der Waals surface area contributed by atoms with Crippen molar-refractivity contribution < 1.29 is 9.90 Å². The van der Waals surface area contributed by atoms with E-state index in [1.807, 2.05) is 0 Å². The van der Waals surface area contributed by atoms with Crippen LogP contribution in [0.4, 0.5) is 0 Å². The summed E-state index contributed by atoms with van der Waals surface area (Å²) < 4.78 is 0.